The molecule has 1 aromatic rings. The molecule has 2 rings (SSSR count). The third-order valence-corrected chi connectivity index (χ3v) is 3.15. The SMILES string of the molecule is CC(CN1CC(c2cccc(F)c2)NC1=O)C(=O)O. The number of urea groups is 1. The van der Waals surface area contributed by atoms with Gasteiger partial charge in [-0.3, -0.25) is 4.79 Å². The number of nitrogens with one attached hydrogen (secondary N) is 1. The van der Waals surface area contributed by atoms with E-state index in [1.54, 1.807) is 19.1 Å². The van der Waals surface area contributed by atoms with Crippen molar-refractivity contribution in [2.45, 2.75) is 13.0 Å². The summed E-state index contributed by atoms with van der Waals surface area (Å²) >= 11 is 0. The molecule has 2 atom stereocenters. The summed E-state index contributed by atoms with van der Waals surface area (Å²) in [7, 11) is 0. The molecule has 6 heteroatoms. The van der Waals surface area contributed by atoms with Gasteiger partial charge in [0.25, 0.3) is 0 Å². The van der Waals surface area contributed by atoms with Gasteiger partial charge in [-0.15, -0.1) is 0 Å². The number of carboxylic acid groups (broad SMARTS) is 1. The molecule has 102 valence electrons. The lowest BCUT2D eigenvalue weighted by molar-refractivity contribution is -0.141. The molecular weight excluding hydrogens is 251 g/mol. The summed E-state index contributed by atoms with van der Waals surface area (Å²) in [6.45, 7) is 2.04. The third-order valence-electron chi connectivity index (χ3n) is 3.15. The van der Waals surface area contributed by atoms with Gasteiger partial charge in [0.05, 0.1) is 12.0 Å². The Kier molecular flexibility index (Phi) is 3.69. The van der Waals surface area contributed by atoms with Crippen LogP contribution in [0.5, 0.6) is 0 Å². The number of halogens is 1. The Labute approximate surface area is 110 Å². The highest BCUT2D eigenvalue weighted by molar-refractivity contribution is 5.78. The Balaban J connectivity index is 2.05. The fourth-order valence-corrected chi connectivity index (χ4v) is 2.07. The Morgan fingerprint density at radius 2 is 2.37 bits per heavy atom. The monoisotopic (exact) mass is 266 g/mol. The number of hydrogen-bond acceptors (Lipinski definition) is 2. The van der Waals surface area contributed by atoms with Crippen LogP contribution in [0.1, 0.15) is 18.5 Å². The van der Waals surface area contributed by atoms with Crippen LogP contribution < -0.4 is 5.32 Å². The molecule has 1 saturated heterocycles. The second kappa shape index (κ2) is 5.26. The summed E-state index contributed by atoms with van der Waals surface area (Å²) in [6.07, 6.45) is 0. The zero-order valence-electron chi connectivity index (χ0n) is 10.5. The fraction of sp³-hybridized carbons (Fsp3) is 0.385. The van der Waals surface area contributed by atoms with E-state index in [0.717, 1.165) is 0 Å². The van der Waals surface area contributed by atoms with Crippen molar-refractivity contribution in [1.82, 2.24) is 10.2 Å². The van der Waals surface area contributed by atoms with Crippen molar-refractivity contribution in [3.8, 4) is 0 Å². The van der Waals surface area contributed by atoms with Crippen LogP contribution in [0.3, 0.4) is 0 Å². The molecule has 2 amide bonds. The molecule has 0 radical (unpaired) electrons. The highest BCUT2D eigenvalue weighted by atomic mass is 19.1. The van der Waals surface area contributed by atoms with Crippen LogP contribution in [0.2, 0.25) is 0 Å². The molecule has 1 aromatic carbocycles. The lowest BCUT2D eigenvalue weighted by atomic mass is 10.1. The summed E-state index contributed by atoms with van der Waals surface area (Å²) < 4.78 is 13.1. The largest absolute Gasteiger partial charge is 0.481 e. The molecular formula is C13H15FN2O3. The highest BCUT2D eigenvalue weighted by Gasteiger charge is 2.31. The van der Waals surface area contributed by atoms with Crippen LogP contribution in [0, 0.1) is 11.7 Å². The lowest BCUT2D eigenvalue weighted by Crippen LogP contribution is -2.34. The molecule has 1 fully saturated rings. The predicted molar refractivity (Wildman–Crippen MR) is 66.0 cm³/mol. The van der Waals surface area contributed by atoms with E-state index < -0.39 is 11.9 Å². The molecule has 1 aliphatic heterocycles. The van der Waals surface area contributed by atoms with Crippen LogP contribution in [-0.4, -0.2) is 35.1 Å². The zero-order chi connectivity index (χ0) is 14.0. The second-order valence-electron chi connectivity index (χ2n) is 4.70. The molecule has 1 aliphatic rings. The molecule has 2 N–H and O–H groups in total. The number of rotatable bonds is 4. The van der Waals surface area contributed by atoms with E-state index in [1.807, 2.05) is 0 Å². The molecule has 5 nitrogen and oxygen atoms in total. The third kappa shape index (κ3) is 3.01. The van der Waals surface area contributed by atoms with Crippen LogP contribution in [-0.2, 0) is 4.79 Å². The Bertz CT molecular complexity index is 506. The van der Waals surface area contributed by atoms with E-state index in [9.17, 15) is 14.0 Å². The lowest BCUT2D eigenvalue weighted by Gasteiger charge is -2.17. The molecule has 2 unspecified atom stereocenters. The summed E-state index contributed by atoms with van der Waals surface area (Å²) in [5.41, 5.74) is 0.679. The molecule has 0 saturated carbocycles. The van der Waals surface area contributed by atoms with E-state index in [4.69, 9.17) is 5.11 Å². The maximum absolute atomic E-state index is 13.1. The molecule has 1 heterocycles. The van der Waals surface area contributed by atoms with Crippen molar-refractivity contribution in [3.63, 3.8) is 0 Å². The minimum Gasteiger partial charge on any atom is -0.481 e. The van der Waals surface area contributed by atoms with Gasteiger partial charge in [0.2, 0.25) is 0 Å². The van der Waals surface area contributed by atoms with Crippen molar-refractivity contribution >= 4 is 12.0 Å². The first-order valence-electron chi connectivity index (χ1n) is 6.01. The van der Waals surface area contributed by atoms with E-state index >= 15 is 0 Å². The predicted octanol–water partition coefficient (Wildman–Crippen LogP) is 1.61. The van der Waals surface area contributed by atoms with Gasteiger partial charge in [0, 0.05) is 13.1 Å². The van der Waals surface area contributed by atoms with E-state index in [2.05, 4.69) is 5.32 Å². The van der Waals surface area contributed by atoms with Gasteiger partial charge in [-0.25, -0.2) is 9.18 Å². The number of benzene rings is 1. The molecule has 19 heavy (non-hydrogen) atoms. The van der Waals surface area contributed by atoms with Crippen molar-refractivity contribution in [1.29, 1.82) is 0 Å². The first-order chi connectivity index (χ1) is 8.97. The first-order valence-corrected chi connectivity index (χ1v) is 6.01. The average molecular weight is 266 g/mol. The summed E-state index contributed by atoms with van der Waals surface area (Å²) in [4.78, 5) is 23.9. The van der Waals surface area contributed by atoms with Gasteiger partial charge in [-0.05, 0) is 17.7 Å². The maximum Gasteiger partial charge on any atom is 0.318 e. The highest BCUT2D eigenvalue weighted by Crippen LogP contribution is 2.21. The van der Waals surface area contributed by atoms with E-state index in [0.29, 0.717) is 12.1 Å². The van der Waals surface area contributed by atoms with E-state index in [-0.39, 0.29) is 24.4 Å². The number of carbonyl (C=O) groups excluding carboxylic acids is 1. The number of aliphatic carboxylic acids is 1. The van der Waals surface area contributed by atoms with Crippen LogP contribution in [0.15, 0.2) is 24.3 Å². The Morgan fingerprint density at radius 1 is 1.63 bits per heavy atom. The van der Waals surface area contributed by atoms with Crippen LogP contribution in [0.4, 0.5) is 9.18 Å². The summed E-state index contributed by atoms with van der Waals surface area (Å²) in [5.74, 6) is -1.93. The molecule has 0 aliphatic carbocycles. The smallest absolute Gasteiger partial charge is 0.318 e. The minimum atomic E-state index is -0.943. The number of carbonyl (C=O) groups is 2. The van der Waals surface area contributed by atoms with Crippen LogP contribution in [0.25, 0.3) is 0 Å². The van der Waals surface area contributed by atoms with Gasteiger partial charge in [-0.1, -0.05) is 19.1 Å². The second-order valence-corrected chi connectivity index (χ2v) is 4.70. The molecule has 0 spiro atoms. The summed E-state index contributed by atoms with van der Waals surface area (Å²) in [6, 6.07) is 5.41. The van der Waals surface area contributed by atoms with Gasteiger partial charge < -0.3 is 15.3 Å². The van der Waals surface area contributed by atoms with Crippen molar-refractivity contribution in [2.75, 3.05) is 13.1 Å². The zero-order valence-corrected chi connectivity index (χ0v) is 10.5. The first kappa shape index (κ1) is 13.3. The van der Waals surface area contributed by atoms with Crippen LogP contribution >= 0.6 is 0 Å². The average Bonchev–Trinajstić information content (AvgIpc) is 2.71. The Morgan fingerprint density at radius 3 is 3.00 bits per heavy atom. The molecule has 0 bridgehead atoms. The minimum absolute atomic E-state index is 0.146. The van der Waals surface area contributed by atoms with Crippen molar-refractivity contribution < 1.29 is 19.1 Å². The quantitative estimate of drug-likeness (QED) is 0.870. The Hall–Kier alpha value is -2.11. The van der Waals surface area contributed by atoms with E-state index in [1.165, 1.54) is 17.0 Å². The number of carboxylic acids is 1. The van der Waals surface area contributed by atoms with Gasteiger partial charge >= 0.3 is 12.0 Å². The topological polar surface area (TPSA) is 69.6 Å². The maximum atomic E-state index is 13.1. The van der Waals surface area contributed by atoms with Gasteiger partial charge in [0.1, 0.15) is 5.82 Å². The van der Waals surface area contributed by atoms with Gasteiger partial charge in [0.15, 0.2) is 0 Å². The number of nitrogens with zero attached hydrogens (tertiary/aromatic N) is 1. The van der Waals surface area contributed by atoms with Crippen molar-refractivity contribution in [3.05, 3.63) is 35.6 Å². The number of hydrogen-bond donors (Lipinski definition) is 2. The summed E-state index contributed by atoms with van der Waals surface area (Å²) in [5, 5.41) is 11.6. The standard InChI is InChI=1S/C13H15FN2O3/c1-8(12(17)18)6-16-7-11(15-13(16)19)9-3-2-4-10(14)5-9/h2-5,8,11H,6-7H2,1H3,(H,15,19)(H,17,18). The van der Waals surface area contributed by atoms with Crippen molar-refractivity contribution in [2.24, 2.45) is 5.92 Å². The fourth-order valence-electron chi connectivity index (χ4n) is 2.07. The molecule has 0 aromatic heterocycles. The van der Waals surface area contributed by atoms with Gasteiger partial charge in [-0.2, -0.15) is 0 Å². The number of amides is 2. The normalized spacial score (nSPS) is 20.2.